The molecule has 0 bridgehead atoms. The molecule has 1 aromatic heterocycles. The van der Waals surface area contributed by atoms with Crippen molar-refractivity contribution in [3.8, 4) is 0 Å². The molecule has 1 fully saturated rings. The van der Waals surface area contributed by atoms with E-state index < -0.39 is 0 Å². The van der Waals surface area contributed by atoms with Crippen LogP contribution in [0.1, 0.15) is 51.3 Å². The molecular weight excluding hydrogens is 258 g/mol. The number of nitrogens with zero attached hydrogens (tertiary/aromatic N) is 2. The highest BCUT2D eigenvalue weighted by atomic mass is 15.1. The lowest BCUT2D eigenvalue weighted by atomic mass is 9.94. The van der Waals surface area contributed by atoms with Gasteiger partial charge in [0, 0.05) is 19.3 Å². The van der Waals surface area contributed by atoms with Gasteiger partial charge in [0.15, 0.2) is 0 Å². The molecule has 0 aromatic carbocycles. The molecule has 1 N–H and O–H groups in total. The Balaban J connectivity index is 1.74. The summed E-state index contributed by atoms with van der Waals surface area (Å²) < 4.78 is 0. The van der Waals surface area contributed by atoms with Gasteiger partial charge in [-0.2, -0.15) is 0 Å². The highest BCUT2D eigenvalue weighted by molar-refractivity contribution is 5.14. The van der Waals surface area contributed by atoms with Gasteiger partial charge in [-0.1, -0.05) is 33.3 Å². The van der Waals surface area contributed by atoms with Crippen LogP contribution in [0.15, 0.2) is 18.3 Å². The number of piperidine rings is 1. The van der Waals surface area contributed by atoms with Gasteiger partial charge in [0.25, 0.3) is 0 Å². The Labute approximate surface area is 130 Å². The quantitative estimate of drug-likeness (QED) is 0.833. The summed E-state index contributed by atoms with van der Waals surface area (Å²) in [7, 11) is 0. The predicted molar refractivity (Wildman–Crippen MR) is 89.1 cm³/mol. The monoisotopic (exact) mass is 289 g/mol. The molecule has 0 radical (unpaired) electrons. The zero-order valence-electron chi connectivity index (χ0n) is 13.9. The van der Waals surface area contributed by atoms with Gasteiger partial charge >= 0.3 is 0 Å². The first kappa shape index (κ1) is 16.4. The van der Waals surface area contributed by atoms with Crippen LogP contribution in [0.25, 0.3) is 0 Å². The molecule has 0 amide bonds. The lowest BCUT2D eigenvalue weighted by molar-refractivity contribution is 0.173. The fraction of sp³-hybridized carbons (Fsp3) is 0.722. The van der Waals surface area contributed by atoms with Crippen molar-refractivity contribution < 1.29 is 0 Å². The highest BCUT2D eigenvalue weighted by Crippen LogP contribution is 2.20. The third-order valence-corrected chi connectivity index (χ3v) is 4.44. The van der Waals surface area contributed by atoms with Crippen LogP contribution in [0.5, 0.6) is 0 Å². The van der Waals surface area contributed by atoms with Gasteiger partial charge in [-0.25, -0.2) is 0 Å². The largest absolute Gasteiger partial charge is 0.312 e. The SMILES string of the molecule is CCC1CCN(Cc2ccc(CNCC(C)C)cn2)CC1. The van der Waals surface area contributed by atoms with E-state index in [0.29, 0.717) is 5.92 Å². The second-order valence-corrected chi connectivity index (χ2v) is 6.81. The summed E-state index contributed by atoms with van der Waals surface area (Å²) in [5, 5.41) is 3.46. The Morgan fingerprint density at radius 1 is 1.29 bits per heavy atom. The molecule has 3 heteroatoms. The minimum atomic E-state index is 0.697. The van der Waals surface area contributed by atoms with E-state index in [4.69, 9.17) is 0 Å². The fourth-order valence-corrected chi connectivity index (χ4v) is 2.94. The number of hydrogen-bond donors (Lipinski definition) is 1. The molecular formula is C18H31N3. The number of pyridine rings is 1. The molecule has 0 unspecified atom stereocenters. The van der Waals surface area contributed by atoms with Crippen molar-refractivity contribution in [3.05, 3.63) is 29.6 Å². The molecule has 2 rings (SSSR count). The first-order valence-electron chi connectivity index (χ1n) is 8.54. The first-order chi connectivity index (χ1) is 10.2. The number of aromatic nitrogens is 1. The van der Waals surface area contributed by atoms with E-state index in [0.717, 1.165) is 25.6 Å². The normalized spacial score (nSPS) is 17.5. The van der Waals surface area contributed by atoms with E-state index in [1.807, 2.05) is 6.20 Å². The predicted octanol–water partition coefficient (Wildman–Crippen LogP) is 3.45. The van der Waals surface area contributed by atoms with Crippen LogP contribution in [0.3, 0.4) is 0 Å². The third-order valence-electron chi connectivity index (χ3n) is 4.44. The Bertz CT molecular complexity index is 391. The summed E-state index contributed by atoms with van der Waals surface area (Å²) >= 11 is 0. The van der Waals surface area contributed by atoms with Gasteiger partial charge in [-0.15, -0.1) is 0 Å². The van der Waals surface area contributed by atoms with Gasteiger partial charge in [0.05, 0.1) is 5.69 Å². The molecule has 0 aliphatic carbocycles. The number of nitrogens with one attached hydrogen (secondary N) is 1. The molecule has 1 aliphatic rings. The average Bonchev–Trinajstić information content (AvgIpc) is 2.49. The van der Waals surface area contributed by atoms with E-state index in [1.165, 1.54) is 43.6 Å². The average molecular weight is 289 g/mol. The lowest BCUT2D eigenvalue weighted by Crippen LogP contribution is -2.33. The molecule has 1 aliphatic heterocycles. The topological polar surface area (TPSA) is 28.2 Å². The lowest BCUT2D eigenvalue weighted by Gasteiger charge is -2.31. The summed E-state index contributed by atoms with van der Waals surface area (Å²) in [5.41, 5.74) is 2.49. The summed E-state index contributed by atoms with van der Waals surface area (Å²) in [4.78, 5) is 7.17. The molecule has 0 atom stereocenters. The smallest absolute Gasteiger partial charge is 0.0544 e. The molecule has 0 saturated carbocycles. The van der Waals surface area contributed by atoms with Crippen molar-refractivity contribution in [1.82, 2.24) is 15.2 Å². The van der Waals surface area contributed by atoms with Crippen LogP contribution >= 0.6 is 0 Å². The standard InChI is InChI=1S/C18H31N3/c1-4-16-7-9-21(10-8-16)14-18-6-5-17(13-20-18)12-19-11-15(2)3/h5-6,13,15-16,19H,4,7-12,14H2,1-3H3. The third kappa shape index (κ3) is 5.76. The van der Waals surface area contributed by atoms with Gasteiger partial charge in [0.2, 0.25) is 0 Å². The zero-order valence-corrected chi connectivity index (χ0v) is 13.9. The summed E-state index contributed by atoms with van der Waals surface area (Å²) in [5.74, 6) is 1.65. The van der Waals surface area contributed by atoms with Gasteiger partial charge in [0.1, 0.15) is 0 Å². The van der Waals surface area contributed by atoms with E-state index >= 15 is 0 Å². The van der Waals surface area contributed by atoms with Crippen molar-refractivity contribution in [1.29, 1.82) is 0 Å². The van der Waals surface area contributed by atoms with Gasteiger partial charge in [-0.05, 0) is 55.9 Å². The summed E-state index contributed by atoms with van der Waals surface area (Å²) in [6.45, 7) is 12.2. The van der Waals surface area contributed by atoms with Gasteiger partial charge in [-0.3, -0.25) is 9.88 Å². The Hall–Kier alpha value is -0.930. The number of rotatable bonds is 7. The maximum atomic E-state index is 4.63. The molecule has 1 saturated heterocycles. The van der Waals surface area contributed by atoms with E-state index in [9.17, 15) is 0 Å². The van der Waals surface area contributed by atoms with Crippen molar-refractivity contribution in [3.63, 3.8) is 0 Å². The van der Waals surface area contributed by atoms with Crippen molar-refractivity contribution in [2.75, 3.05) is 19.6 Å². The highest BCUT2D eigenvalue weighted by Gasteiger charge is 2.17. The maximum absolute atomic E-state index is 4.63. The zero-order chi connectivity index (χ0) is 15.1. The van der Waals surface area contributed by atoms with Gasteiger partial charge < -0.3 is 5.32 Å². The minimum absolute atomic E-state index is 0.697. The Kier molecular flexibility index (Phi) is 6.65. The maximum Gasteiger partial charge on any atom is 0.0544 e. The number of likely N-dealkylation sites (tertiary alicyclic amines) is 1. The Morgan fingerprint density at radius 2 is 2.05 bits per heavy atom. The molecule has 0 spiro atoms. The van der Waals surface area contributed by atoms with E-state index in [2.05, 4.69) is 48.1 Å². The van der Waals surface area contributed by atoms with Crippen molar-refractivity contribution in [2.45, 2.75) is 53.1 Å². The molecule has 21 heavy (non-hydrogen) atoms. The molecule has 2 heterocycles. The van der Waals surface area contributed by atoms with Crippen LogP contribution < -0.4 is 5.32 Å². The fourth-order valence-electron chi connectivity index (χ4n) is 2.94. The van der Waals surface area contributed by atoms with Crippen LogP contribution in [-0.2, 0) is 13.1 Å². The number of hydrogen-bond acceptors (Lipinski definition) is 3. The molecule has 118 valence electrons. The van der Waals surface area contributed by atoms with Crippen molar-refractivity contribution >= 4 is 0 Å². The van der Waals surface area contributed by atoms with Crippen LogP contribution in [0.2, 0.25) is 0 Å². The van der Waals surface area contributed by atoms with E-state index in [-0.39, 0.29) is 0 Å². The first-order valence-corrected chi connectivity index (χ1v) is 8.54. The Morgan fingerprint density at radius 3 is 2.62 bits per heavy atom. The summed E-state index contributed by atoms with van der Waals surface area (Å²) in [6.07, 6.45) is 6.08. The molecule has 3 nitrogen and oxygen atoms in total. The van der Waals surface area contributed by atoms with Crippen LogP contribution in [0.4, 0.5) is 0 Å². The molecule has 1 aromatic rings. The van der Waals surface area contributed by atoms with E-state index in [1.54, 1.807) is 0 Å². The van der Waals surface area contributed by atoms with Crippen LogP contribution in [0, 0.1) is 11.8 Å². The second kappa shape index (κ2) is 8.50. The summed E-state index contributed by atoms with van der Waals surface area (Å²) in [6, 6.07) is 4.41. The van der Waals surface area contributed by atoms with Crippen molar-refractivity contribution in [2.24, 2.45) is 11.8 Å². The second-order valence-electron chi connectivity index (χ2n) is 6.81. The van der Waals surface area contributed by atoms with Crippen LogP contribution in [-0.4, -0.2) is 29.5 Å². The minimum Gasteiger partial charge on any atom is -0.312 e.